The number of aryl methyl sites for hydroxylation is 2. The zero-order chi connectivity index (χ0) is 10.7. The number of hydrogen-bond acceptors (Lipinski definition) is 2. The maximum atomic E-state index is 3.33. The Bertz CT molecular complexity index is 307. The van der Waals surface area contributed by atoms with Crippen molar-refractivity contribution in [1.29, 1.82) is 0 Å². The molecule has 81 valence electrons. The lowest BCUT2D eigenvalue weighted by Gasteiger charge is -2.26. The maximum absolute atomic E-state index is 3.33. The minimum Gasteiger partial charge on any atom is -0.314 e. The van der Waals surface area contributed by atoms with Crippen LogP contribution >= 0.6 is 0 Å². The SMILES string of the molecule is Cc1cc(C)cc(CN2[CH]CNCC2)c1. The molecule has 0 aliphatic carbocycles. The average molecular weight is 203 g/mol. The summed E-state index contributed by atoms with van der Waals surface area (Å²) in [7, 11) is 0. The highest BCUT2D eigenvalue weighted by Crippen LogP contribution is 2.12. The first-order valence-corrected chi connectivity index (χ1v) is 5.59. The van der Waals surface area contributed by atoms with Crippen LogP contribution < -0.4 is 5.32 Å². The van der Waals surface area contributed by atoms with E-state index in [1.54, 1.807) is 0 Å². The van der Waals surface area contributed by atoms with Gasteiger partial charge in [0.05, 0.1) is 0 Å². The summed E-state index contributed by atoms with van der Waals surface area (Å²) in [6, 6.07) is 6.79. The molecule has 0 aromatic heterocycles. The fraction of sp³-hybridized carbons (Fsp3) is 0.462. The smallest absolute Gasteiger partial charge is 0.0392 e. The third-order valence-corrected chi connectivity index (χ3v) is 2.74. The first-order chi connectivity index (χ1) is 7.24. The van der Waals surface area contributed by atoms with E-state index >= 15 is 0 Å². The molecule has 1 saturated heterocycles. The van der Waals surface area contributed by atoms with Crippen LogP contribution in [0.2, 0.25) is 0 Å². The molecule has 1 fully saturated rings. The van der Waals surface area contributed by atoms with Gasteiger partial charge in [-0.25, -0.2) is 0 Å². The summed E-state index contributed by atoms with van der Waals surface area (Å²) < 4.78 is 0. The van der Waals surface area contributed by atoms with E-state index in [1.165, 1.54) is 16.7 Å². The lowest BCUT2D eigenvalue weighted by molar-refractivity contribution is 0.285. The minimum atomic E-state index is 1.00. The van der Waals surface area contributed by atoms with Crippen molar-refractivity contribution in [2.45, 2.75) is 20.4 Å². The standard InChI is InChI=1S/C13H19N2/c1-11-7-12(2)9-13(8-11)10-15-5-3-14-4-6-15/h5,7-9,14H,3-4,6,10H2,1-2H3. The summed E-state index contributed by atoms with van der Waals surface area (Å²) in [6.45, 7) is 10.8. The lowest BCUT2D eigenvalue weighted by Crippen LogP contribution is -2.39. The second-order valence-corrected chi connectivity index (χ2v) is 4.35. The van der Waals surface area contributed by atoms with Gasteiger partial charge in [0.25, 0.3) is 0 Å². The highest BCUT2D eigenvalue weighted by molar-refractivity contribution is 5.28. The molecule has 0 amide bonds. The van der Waals surface area contributed by atoms with Gasteiger partial charge in [0.2, 0.25) is 0 Å². The predicted molar refractivity (Wildman–Crippen MR) is 63.5 cm³/mol. The minimum absolute atomic E-state index is 1.00. The Morgan fingerprint density at radius 1 is 1.20 bits per heavy atom. The average Bonchev–Trinajstić information content (AvgIpc) is 2.17. The second kappa shape index (κ2) is 4.77. The molecule has 1 aromatic carbocycles. The Morgan fingerprint density at radius 3 is 2.53 bits per heavy atom. The molecule has 2 heteroatoms. The van der Waals surface area contributed by atoms with E-state index < -0.39 is 0 Å². The number of benzene rings is 1. The summed E-state index contributed by atoms with van der Waals surface area (Å²) in [4.78, 5) is 2.39. The van der Waals surface area contributed by atoms with Crippen LogP contribution in [0.1, 0.15) is 16.7 Å². The Morgan fingerprint density at radius 2 is 1.93 bits per heavy atom. The van der Waals surface area contributed by atoms with Gasteiger partial charge in [-0.3, -0.25) is 4.90 Å². The molecule has 1 aliphatic rings. The van der Waals surface area contributed by atoms with Crippen molar-refractivity contribution in [3.05, 3.63) is 41.4 Å². The van der Waals surface area contributed by atoms with Crippen molar-refractivity contribution < 1.29 is 0 Å². The Balaban J connectivity index is 2.02. The first kappa shape index (κ1) is 10.7. The highest BCUT2D eigenvalue weighted by Gasteiger charge is 2.10. The van der Waals surface area contributed by atoms with Crippen molar-refractivity contribution in [1.82, 2.24) is 10.2 Å². The van der Waals surface area contributed by atoms with Crippen LogP contribution in [0.25, 0.3) is 0 Å². The van der Waals surface area contributed by atoms with Gasteiger partial charge in [-0.05, 0) is 19.4 Å². The van der Waals surface area contributed by atoms with Gasteiger partial charge in [0.1, 0.15) is 0 Å². The van der Waals surface area contributed by atoms with Gasteiger partial charge in [-0.1, -0.05) is 29.3 Å². The molecule has 1 aromatic rings. The van der Waals surface area contributed by atoms with E-state index in [1.807, 2.05) is 0 Å². The predicted octanol–water partition coefficient (Wildman–Crippen LogP) is 1.87. The number of nitrogens with one attached hydrogen (secondary N) is 1. The summed E-state index contributed by atoms with van der Waals surface area (Å²) in [5, 5.41) is 3.33. The van der Waals surface area contributed by atoms with Crippen LogP contribution in [0.15, 0.2) is 18.2 Å². The summed E-state index contributed by atoms with van der Waals surface area (Å²) in [5.74, 6) is 0. The third-order valence-electron chi connectivity index (χ3n) is 2.74. The molecule has 0 atom stereocenters. The van der Waals surface area contributed by atoms with Gasteiger partial charge < -0.3 is 5.32 Å². The van der Waals surface area contributed by atoms with Crippen LogP contribution in [0, 0.1) is 20.4 Å². The molecule has 0 bridgehead atoms. The van der Waals surface area contributed by atoms with Crippen LogP contribution in [0.3, 0.4) is 0 Å². The van der Waals surface area contributed by atoms with E-state index in [0.717, 1.165) is 26.2 Å². The molecule has 2 nitrogen and oxygen atoms in total. The molecule has 1 heterocycles. The molecule has 0 unspecified atom stereocenters. The first-order valence-electron chi connectivity index (χ1n) is 5.59. The van der Waals surface area contributed by atoms with Gasteiger partial charge >= 0.3 is 0 Å². The molecule has 1 aliphatic heterocycles. The summed E-state index contributed by atoms with van der Waals surface area (Å²) in [6.07, 6.45) is 0. The van der Waals surface area contributed by atoms with Crippen molar-refractivity contribution in [2.75, 3.05) is 19.6 Å². The molecular formula is C13H19N2. The van der Waals surface area contributed by atoms with Crippen molar-refractivity contribution >= 4 is 0 Å². The van der Waals surface area contributed by atoms with E-state index in [2.05, 4.69) is 48.8 Å². The monoisotopic (exact) mass is 203 g/mol. The van der Waals surface area contributed by atoms with Crippen LogP contribution in [-0.2, 0) is 6.54 Å². The number of hydrogen-bond donors (Lipinski definition) is 1. The topological polar surface area (TPSA) is 15.3 Å². The van der Waals surface area contributed by atoms with E-state index in [0.29, 0.717) is 0 Å². The Labute approximate surface area is 92.3 Å². The molecule has 15 heavy (non-hydrogen) atoms. The summed E-state index contributed by atoms with van der Waals surface area (Å²) >= 11 is 0. The molecule has 1 radical (unpaired) electrons. The van der Waals surface area contributed by atoms with Gasteiger partial charge in [0, 0.05) is 32.7 Å². The summed E-state index contributed by atoms with van der Waals surface area (Å²) in [5.41, 5.74) is 4.14. The molecule has 2 rings (SSSR count). The lowest BCUT2D eigenvalue weighted by atomic mass is 10.1. The molecular weight excluding hydrogens is 184 g/mol. The number of nitrogens with zero attached hydrogens (tertiary/aromatic N) is 1. The van der Waals surface area contributed by atoms with E-state index in [-0.39, 0.29) is 0 Å². The van der Waals surface area contributed by atoms with E-state index in [9.17, 15) is 0 Å². The Kier molecular flexibility index (Phi) is 3.39. The van der Waals surface area contributed by atoms with Crippen molar-refractivity contribution in [2.24, 2.45) is 0 Å². The highest BCUT2D eigenvalue weighted by atomic mass is 15.2. The fourth-order valence-electron chi connectivity index (χ4n) is 2.15. The van der Waals surface area contributed by atoms with Gasteiger partial charge in [-0.15, -0.1) is 0 Å². The fourth-order valence-corrected chi connectivity index (χ4v) is 2.15. The quantitative estimate of drug-likeness (QED) is 0.789. The van der Waals surface area contributed by atoms with Crippen LogP contribution in [0.4, 0.5) is 0 Å². The van der Waals surface area contributed by atoms with E-state index in [4.69, 9.17) is 0 Å². The zero-order valence-corrected chi connectivity index (χ0v) is 9.59. The van der Waals surface area contributed by atoms with Crippen LogP contribution in [-0.4, -0.2) is 24.5 Å². The van der Waals surface area contributed by atoms with Crippen molar-refractivity contribution in [3.8, 4) is 0 Å². The van der Waals surface area contributed by atoms with Crippen molar-refractivity contribution in [3.63, 3.8) is 0 Å². The van der Waals surface area contributed by atoms with Gasteiger partial charge in [0.15, 0.2) is 0 Å². The molecule has 0 spiro atoms. The second-order valence-electron chi connectivity index (χ2n) is 4.35. The Hall–Kier alpha value is -0.860. The number of rotatable bonds is 2. The number of piperazine rings is 1. The van der Waals surface area contributed by atoms with Crippen LogP contribution in [0.5, 0.6) is 0 Å². The largest absolute Gasteiger partial charge is 0.314 e. The molecule has 0 saturated carbocycles. The normalized spacial score (nSPS) is 18.0. The third kappa shape index (κ3) is 3.05. The maximum Gasteiger partial charge on any atom is 0.0392 e. The molecule has 1 N–H and O–H groups in total. The van der Waals surface area contributed by atoms with Gasteiger partial charge in [-0.2, -0.15) is 0 Å². The zero-order valence-electron chi connectivity index (χ0n) is 9.59.